The summed E-state index contributed by atoms with van der Waals surface area (Å²) < 4.78 is 77.9. The van der Waals surface area contributed by atoms with E-state index in [4.69, 9.17) is 5.11 Å². The number of hydrogen-bond donors (Lipinski definition) is 1. The molecule has 0 aliphatic carbocycles. The molecule has 0 unspecified atom stereocenters. The van der Waals surface area contributed by atoms with Gasteiger partial charge in [0.25, 0.3) is 0 Å². The lowest BCUT2D eigenvalue weighted by atomic mass is 10.1. The van der Waals surface area contributed by atoms with Crippen molar-refractivity contribution in [2.75, 3.05) is 0 Å². The zero-order chi connectivity index (χ0) is 12.9. The number of hydrogen-bond acceptors (Lipinski definition) is 1. The first-order valence-electron chi connectivity index (χ1n) is 4.18. The van der Waals surface area contributed by atoms with Crippen molar-refractivity contribution in [3.05, 3.63) is 41.0 Å². The van der Waals surface area contributed by atoms with Crippen LogP contribution in [0.3, 0.4) is 0 Å². The smallest absolute Gasteiger partial charge is 0.201 e. The zero-order valence-corrected chi connectivity index (χ0v) is 7.79. The Labute approximate surface area is 89.9 Å². The van der Waals surface area contributed by atoms with Crippen molar-refractivity contribution in [2.24, 2.45) is 0 Å². The van der Waals surface area contributed by atoms with Crippen molar-refractivity contribution in [2.45, 2.75) is 0 Å². The number of phenols is 1. The Kier molecular flexibility index (Phi) is 2.41. The Bertz CT molecular complexity index is 629. The molecule has 0 aliphatic heterocycles. The van der Waals surface area contributed by atoms with E-state index in [9.17, 15) is 26.3 Å². The van der Waals surface area contributed by atoms with Gasteiger partial charge in [0.15, 0.2) is 34.8 Å². The second-order valence-corrected chi connectivity index (χ2v) is 3.20. The first-order chi connectivity index (χ1) is 7.86. The lowest BCUT2D eigenvalue weighted by molar-refractivity contribution is 0.399. The molecule has 7 heteroatoms. The molecule has 1 nitrogen and oxygen atoms in total. The number of phenolic OH excluding ortho intramolecular Hbond substituents is 1. The van der Waals surface area contributed by atoms with Gasteiger partial charge in [-0.1, -0.05) is 0 Å². The van der Waals surface area contributed by atoms with E-state index in [1.165, 1.54) is 0 Å². The maximum atomic E-state index is 13.2. The van der Waals surface area contributed by atoms with Crippen LogP contribution in [0.2, 0.25) is 0 Å². The molecule has 0 amide bonds. The Morgan fingerprint density at radius 1 is 0.647 bits per heavy atom. The van der Waals surface area contributed by atoms with Crippen LogP contribution < -0.4 is 0 Å². The fraction of sp³-hybridized carbons (Fsp3) is 0. The number of aromatic hydroxyl groups is 1. The van der Waals surface area contributed by atoms with Gasteiger partial charge in [0.1, 0.15) is 0 Å². The van der Waals surface area contributed by atoms with E-state index >= 15 is 0 Å². The van der Waals surface area contributed by atoms with E-state index in [-0.39, 0.29) is 6.07 Å². The molecule has 0 bridgehead atoms. The van der Waals surface area contributed by atoms with Crippen LogP contribution in [0.5, 0.6) is 5.75 Å². The molecule has 0 aliphatic rings. The fourth-order valence-electron chi connectivity index (χ4n) is 1.42. The van der Waals surface area contributed by atoms with E-state index in [2.05, 4.69) is 0 Å². The van der Waals surface area contributed by atoms with Crippen molar-refractivity contribution < 1.29 is 31.4 Å². The summed E-state index contributed by atoms with van der Waals surface area (Å²) in [7, 11) is 0. The summed E-state index contributed by atoms with van der Waals surface area (Å²) in [5.41, 5.74) is 0. The summed E-state index contributed by atoms with van der Waals surface area (Å²) in [6, 6.07) is 0.272. The topological polar surface area (TPSA) is 20.2 Å². The average Bonchev–Trinajstić information content (AvgIpc) is 2.30. The second kappa shape index (κ2) is 3.54. The monoisotopic (exact) mass is 252 g/mol. The van der Waals surface area contributed by atoms with Crippen LogP contribution in [-0.2, 0) is 0 Å². The van der Waals surface area contributed by atoms with E-state index in [0.717, 1.165) is 0 Å². The van der Waals surface area contributed by atoms with Crippen LogP contribution in [0.25, 0.3) is 10.8 Å². The van der Waals surface area contributed by atoms with Crippen molar-refractivity contribution >= 4 is 10.8 Å². The quantitative estimate of drug-likeness (QED) is 0.433. The minimum absolute atomic E-state index is 0.272. The van der Waals surface area contributed by atoms with Gasteiger partial charge in [-0.2, -0.15) is 4.39 Å². The Balaban J connectivity index is 3.12. The molecular formula is C10H2F6O. The molecular weight excluding hydrogens is 250 g/mol. The summed E-state index contributed by atoms with van der Waals surface area (Å²) in [4.78, 5) is 0. The summed E-state index contributed by atoms with van der Waals surface area (Å²) in [6.45, 7) is 0. The third-order valence-corrected chi connectivity index (χ3v) is 2.22. The standard InChI is InChI=1S/C10H2F6O/c11-5-2-1-3(17)6(12)7(13)4(2)8(14)10(16)9(5)15/h1,17H. The molecule has 2 rings (SSSR count). The lowest BCUT2D eigenvalue weighted by Gasteiger charge is -2.07. The summed E-state index contributed by atoms with van der Waals surface area (Å²) in [5.74, 6) is -13.6. The van der Waals surface area contributed by atoms with Gasteiger partial charge in [-0.25, -0.2) is 22.0 Å². The van der Waals surface area contributed by atoms with Gasteiger partial charge in [0.05, 0.1) is 5.39 Å². The highest BCUT2D eigenvalue weighted by Crippen LogP contribution is 2.33. The van der Waals surface area contributed by atoms with E-state index in [1.807, 2.05) is 0 Å². The van der Waals surface area contributed by atoms with E-state index in [1.54, 1.807) is 0 Å². The highest BCUT2D eigenvalue weighted by atomic mass is 19.2. The van der Waals surface area contributed by atoms with Gasteiger partial charge < -0.3 is 5.11 Å². The second-order valence-electron chi connectivity index (χ2n) is 3.20. The van der Waals surface area contributed by atoms with Crippen molar-refractivity contribution in [3.8, 4) is 5.75 Å². The molecule has 0 aromatic heterocycles. The van der Waals surface area contributed by atoms with Gasteiger partial charge in [0.2, 0.25) is 5.82 Å². The number of halogens is 6. The van der Waals surface area contributed by atoms with Crippen molar-refractivity contribution in [1.29, 1.82) is 0 Å². The maximum absolute atomic E-state index is 13.2. The molecule has 90 valence electrons. The summed E-state index contributed by atoms with van der Waals surface area (Å²) in [6.07, 6.45) is 0. The maximum Gasteiger partial charge on any atom is 0.201 e. The van der Waals surface area contributed by atoms with Gasteiger partial charge in [-0.15, -0.1) is 0 Å². The third-order valence-electron chi connectivity index (χ3n) is 2.22. The van der Waals surface area contributed by atoms with Crippen LogP contribution in [0.15, 0.2) is 6.07 Å². The third kappa shape index (κ3) is 1.42. The Hall–Kier alpha value is -1.92. The molecule has 2 aromatic rings. The Morgan fingerprint density at radius 2 is 1.12 bits per heavy atom. The van der Waals surface area contributed by atoms with Crippen LogP contribution in [0.1, 0.15) is 0 Å². The molecule has 17 heavy (non-hydrogen) atoms. The van der Waals surface area contributed by atoms with Gasteiger partial charge in [-0.05, 0) is 6.07 Å². The molecule has 0 saturated carbocycles. The fourth-order valence-corrected chi connectivity index (χ4v) is 1.42. The average molecular weight is 252 g/mol. The first-order valence-corrected chi connectivity index (χ1v) is 4.18. The highest BCUT2D eigenvalue weighted by Gasteiger charge is 2.26. The number of rotatable bonds is 0. The molecule has 1 N–H and O–H groups in total. The normalized spacial score (nSPS) is 11.2. The minimum atomic E-state index is -2.25. The highest BCUT2D eigenvalue weighted by molar-refractivity contribution is 5.86. The largest absolute Gasteiger partial charge is 0.505 e. The minimum Gasteiger partial charge on any atom is -0.505 e. The summed E-state index contributed by atoms with van der Waals surface area (Å²) >= 11 is 0. The molecule has 0 fully saturated rings. The van der Waals surface area contributed by atoms with E-state index < -0.39 is 51.4 Å². The molecule has 2 aromatic carbocycles. The number of benzene rings is 2. The SMILES string of the molecule is Oc1cc2c(F)c(F)c(F)c(F)c2c(F)c1F. The predicted molar refractivity (Wildman–Crippen MR) is 45.4 cm³/mol. The lowest BCUT2D eigenvalue weighted by Crippen LogP contribution is -2.01. The van der Waals surface area contributed by atoms with Crippen LogP contribution in [0.4, 0.5) is 26.3 Å². The molecule has 0 atom stereocenters. The van der Waals surface area contributed by atoms with Crippen molar-refractivity contribution in [3.63, 3.8) is 0 Å². The molecule has 0 heterocycles. The van der Waals surface area contributed by atoms with E-state index in [0.29, 0.717) is 0 Å². The first kappa shape index (κ1) is 11.6. The molecule has 0 spiro atoms. The van der Waals surface area contributed by atoms with Crippen LogP contribution in [-0.4, -0.2) is 5.11 Å². The van der Waals surface area contributed by atoms with Crippen molar-refractivity contribution in [1.82, 2.24) is 0 Å². The van der Waals surface area contributed by atoms with Crippen LogP contribution >= 0.6 is 0 Å². The summed E-state index contributed by atoms with van der Waals surface area (Å²) in [5, 5.41) is 6.38. The van der Waals surface area contributed by atoms with Gasteiger partial charge in [-0.3, -0.25) is 0 Å². The Morgan fingerprint density at radius 3 is 1.71 bits per heavy atom. The van der Waals surface area contributed by atoms with Gasteiger partial charge >= 0.3 is 0 Å². The molecule has 0 radical (unpaired) electrons. The predicted octanol–water partition coefficient (Wildman–Crippen LogP) is 3.38. The zero-order valence-electron chi connectivity index (χ0n) is 7.79. The molecule has 0 saturated heterocycles. The number of fused-ring (bicyclic) bond motifs is 1. The van der Waals surface area contributed by atoms with Gasteiger partial charge in [0, 0.05) is 5.39 Å². The van der Waals surface area contributed by atoms with Crippen LogP contribution in [0, 0.1) is 34.9 Å².